The van der Waals surface area contributed by atoms with Crippen molar-refractivity contribution in [3.8, 4) is 0 Å². The molecule has 0 saturated heterocycles. The zero-order valence-electron chi connectivity index (χ0n) is 14.7. The normalized spacial score (nSPS) is 21.4. The molecule has 1 saturated carbocycles. The first-order chi connectivity index (χ1) is 11.4. The lowest BCUT2D eigenvalue weighted by molar-refractivity contribution is -0.182. The van der Waals surface area contributed by atoms with E-state index in [2.05, 4.69) is 46.8 Å². The number of hydrogen-bond acceptors (Lipinski definition) is 1. The van der Waals surface area contributed by atoms with E-state index >= 15 is 0 Å². The molecule has 0 heterocycles. The minimum absolute atomic E-state index is 0. The monoisotopic (exact) mass is 469 g/mol. The van der Waals surface area contributed by atoms with Crippen LogP contribution in [0.3, 0.4) is 0 Å². The molecule has 0 radical (unpaired) electrons. The second-order valence-corrected chi connectivity index (χ2v) is 6.47. The maximum absolute atomic E-state index is 12.7. The summed E-state index contributed by atoms with van der Waals surface area (Å²) in [6, 6.07) is 8.44. The van der Waals surface area contributed by atoms with E-state index in [1.807, 2.05) is 0 Å². The van der Waals surface area contributed by atoms with Crippen molar-refractivity contribution in [1.82, 2.24) is 10.6 Å². The highest BCUT2D eigenvalue weighted by molar-refractivity contribution is 14.0. The molecule has 142 valence electrons. The minimum Gasteiger partial charge on any atom is -0.356 e. The van der Waals surface area contributed by atoms with Gasteiger partial charge in [0.05, 0.1) is 5.92 Å². The number of alkyl halides is 3. The van der Waals surface area contributed by atoms with Crippen LogP contribution in [0.4, 0.5) is 13.2 Å². The number of benzene rings is 1. The van der Waals surface area contributed by atoms with Crippen molar-refractivity contribution in [3.05, 3.63) is 35.4 Å². The van der Waals surface area contributed by atoms with Gasteiger partial charge in [0.2, 0.25) is 0 Å². The summed E-state index contributed by atoms with van der Waals surface area (Å²) in [5.74, 6) is -0.482. The summed E-state index contributed by atoms with van der Waals surface area (Å²) in [5, 5.41) is 6.48. The highest BCUT2D eigenvalue weighted by Gasteiger charge is 2.41. The number of nitrogens with one attached hydrogen (secondary N) is 2. The van der Waals surface area contributed by atoms with Crippen molar-refractivity contribution in [2.24, 2.45) is 10.9 Å². The molecule has 3 nitrogen and oxygen atoms in total. The van der Waals surface area contributed by atoms with Gasteiger partial charge in [-0.05, 0) is 44.6 Å². The van der Waals surface area contributed by atoms with E-state index < -0.39 is 12.1 Å². The molecule has 7 heteroatoms. The van der Waals surface area contributed by atoms with Crippen LogP contribution >= 0.6 is 24.0 Å². The van der Waals surface area contributed by atoms with Crippen molar-refractivity contribution in [1.29, 1.82) is 0 Å². The van der Waals surface area contributed by atoms with Gasteiger partial charge in [-0.15, -0.1) is 24.0 Å². The number of guanidine groups is 1. The van der Waals surface area contributed by atoms with E-state index in [0.717, 1.165) is 13.0 Å². The largest absolute Gasteiger partial charge is 0.391 e. The van der Waals surface area contributed by atoms with Crippen molar-refractivity contribution >= 4 is 29.9 Å². The van der Waals surface area contributed by atoms with Crippen LogP contribution in [-0.2, 0) is 6.42 Å². The smallest absolute Gasteiger partial charge is 0.356 e. The Labute approximate surface area is 164 Å². The van der Waals surface area contributed by atoms with E-state index in [1.165, 1.54) is 11.1 Å². The Morgan fingerprint density at radius 1 is 1.12 bits per heavy atom. The van der Waals surface area contributed by atoms with Crippen LogP contribution in [0.1, 0.15) is 36.8 Å². The van der Waals surface area contributed by atoms with E-state index in [0.29, 0.717) is 18.8 Å². The molecule has 1 aliphatic rings. The zero-order valence-corrected chi connectivity index (χ0v) is 17.0. The Hall–Kier alpha value is -0.990. The van der Waals surface area contributed by atoms with E-state index in [9.17, 15) is 13.2 Å². The fraction of sp³-hybridized carbons (Fsp3) is 0.611. The first-order valence-corrected chi connectivity index (χ1v) is 8.48. The van der Waals surface area contributed by atoms with Crippen LogP contribution in [0.25, 0.3) is 0 Å². The average molecular weight is 469 g/mol. The van der Waals surface area contributed by atoms with Gasteiger partial charge in [-0.2, -0.15) is 13.2 Å². The second kappa shape index (κ2) is 10.2. The summed E-state index contributed by atoms with van der Waals surface area (Å²) >= 11 is 0. The Morgan fingerprint density at radius 2 is 1.72 bits per heavy atom. The summed E-state index contributed by atoms with van der Waals surface area (Å²) < 4.78 is 38.1. The standard InChI is InChI=1S/C18H26F3N3.HI/c1-13-3-5-14(6-4-13)11-12-23-17(22-2)24-16-9-7-15(8-10-16)18(19,20)21;/h3-6,15-16H,7-12H2,1-2H3,(H2,22,23,24);1H. The van der Waals surface area contributed by atoms with Gasteiger partial charge in [-0.3, -0.25) is 4.99 Å². The van der Waals surface area contributed by atoms with Crippen molar-refractivity contribution in [2.75, 3.05) is 13.6 Å². The quantitative estimate of drug-likeness (QED) is 0.389. The number of rotatable bonds is 4. The van der Waals surface area contributed by atoms with Crippen LogP contribution in [0, 0.1) is 12.8 Å². The van der Waals surface area contributed by atoms with Crippen LogP contribution in [-0.4, -0.2) is 31.8 Å². The Morgan fingerprint density at radius 3 is 2.24 bits per heavy atom. The molecular formula is C18H27F3IN3. The third-order valence-corrected chi connectivity index (χ3v) is 4.58. The highest BCUT2D eigenvalue weighted by Crippen LogP contribution is 2.37. The molecule has 0 amide bonds. The van der Waals surface area contributed by atoms with Crippen LogP contribution < -0.4 is 10.6 Å². The molecule has 0 atom stereocenters. The minimum atomic E-state index is -4.06. The summed E-state index contributed by atoms with van der Waals surface area (Å²) in [5.41, 5.74) is 2.48. The van der Waals surface area contributed by atoms with Crippen LogP contribution in [0.15, 0.2) is 29.3 Å². The van der Waals surface area contributed by atoms with Gasteiger partial charge < -0.3 is 10.6 Å². The third kappa shape index (κ3) is 7.42. The third-order valence-electron chi connectivity index (χ3n) is 4.58. The van der Waals surface area contributed by atoms with E-state index in [4.69, 9.17) is 0 Å². The Balaban J connectivity index is 0.00000312. The van der Waals surface area contributed by atoms with Gasteiger partial charge in [-0.25, -0.2) is 0 Å². The molecule has 0 bridgehead atoms. The predicted molar refractivity (Wildman–Crippen MR) is 107 cm³/mol. The molecule has 0 unspecified atom stereocenters. The van der Waals surface area contributed by atoms with Crippen molar-refractivity contribution < 1.29 is 13.2 Å². The number of aliphatic imine (C=N–C) groups is 1. The molecule has 1 aromatic carbocycles. The molecular weight excluding hydrogens is 442 g/mol. The molecule has 0 spiro atoms. The average Bonchev–Trinajstić information content (AvgIpc) is 2.55. The molecule has 2 N–H and O–H groups in total. The first-order valence-electron chi connectivity index (χ1n) is 8.48. The summed E-state index contributed by atoms with van der Waals surface area (Å²) in [6.07, 6.45) is -1.73. The van der Waals surface area contributed by atoms with Gasteiger partial charge in [0.1, 0.15) is 0 Å². The molecule has 1 aliphatic carbocycles. The predicted octanol–water partition coefficient (Wildman–Crippen LogP) is 4.44. The lowest BCUT2D eigenvalue weighted by Crippen LogP contribution is -2.46. The molecule has 0 aliphatic heterocycles. The number of aryl methyl sites for hydroxylation is 1. The molecule has 2 rings (SSSR count). The van der Waals surface area contributed by atoms with Gasteiger partial charge in [0.15, 0.2) is 5.96 Å². The fourth-order valence-corrected chi connectivity index (χ4v) is 3.03. The fourth-order valence-electron chi connectivity index (χ4n) is 3.03. The molecule has 25 heavy (non-hydrogen) atoms. The Kier molecular flexibility index (Phi) is 9.02. The van der Waals surface area contributed by atoms with Crippen molar-refractivity contribution in [3.63, 3.8) is 0 Å². The van der Waals surface area contributed by atoms with E-state index in [1.54, 1.807) is 7.05 Å². The van der Waals surface area contributed by atoms with Gasteiger partial charge in [-0.1, -0.05) is 29.8 Å². The zero-order chi connectivity index (χ0) is 17.6. The highest BCUT2D eigenvalue weighted by atomic mass is 127. The van der Waals surface area contributed by atoms with Gasteiger partial charge >= 0.3 is 6.18 Å². The summed E-state index contributed by atoms with van der Waals surface area (Å²) in [7, 11) is 1.68. The van der Waals surface area contributed by atoms with Gasteiger partial charge in [0.25, 0.3) is 0 Å². The number of halogens is 4. The summed E-state index contributed by atoms with van der Waals surface area (Å²) in [4.78, 5) is 4.17. The number of hydrogen-bond donors (Lipinski definition) is 2. The first kappa shape index (κ1) is 22.1. The van der Waals surface area contributed by atoms with E-state index in [-0.39, 0.29) is 42.9 Å². The van der Waals surface area contributed by atoms with Gasteiger partial charge in [0, 0.05) is 19.6 Å². The number of nitrogens with zero attached hydrogens (tertiary/aromatic N) is 1. The summed E-state index contributed by atoms with van der Waals surface area (Å²) in [6.45, 7) is 2.79. The molecule has 1 fully saturated rings. The maximum Gasteiger partial charge on any atom is 0.391 e. The maximum atomic E-state index is 12.7. The molecule has 1 aromatic rings. The SMILES string of the molecule is CN=C(NCCc1ccc(C)cc1)NC1CCC(C(F)(F)F)CC1.I. The van der Waals surface area contributed by atoms with Crippen LogP contribution in [0.2, 0.25) is 0 Å². The Bertz CT molecular complexity index is 535. The second-order valence-electron chi connectivity index (χ2n) is 6.47. The van der Waals surface area contributed by atoms with Crippen LogP contribution in [0.5, 0.6) is 0 Å². The lowest BCUT2D eigenvalue weighted by atomic mass is 9.85. The molecule has 0 aromatic heterocycles. The van der Waals surface area contributed by atoms with Crippen molar-refractivity contribution in [2.45, 2.75) is 51.2 Å². The topological polar surface area (TPSA) is 36.4 Å². The lowest BCUT2D eigenvalue weighted by Gasteiger charge is -2.31.